The van der Waals surface area contributed by atoms with Crippen molar-refractivity contribution in [3.8, 4) is 11.1 Å². The smallest absolute Gasteiger partial charge is 0.135 e. The summed E-state index contributed by atoms with van der Waals surface area (Å²) in [6.07, 6.45) is -0.393. The second-order valence-corrected chi connectivity index (χ2v) is 11.7. The van der Waals surface area contributed by atoms with Crippen LogP contribution in [0.1, 0.15) is 29.0 Å². The number of furan rings is 1. The third kappa shape index (κ3) is 4.46. The molecule has 2 unspecified atom stereocenters. The molecule has 0 fully saturated rings. The molecule has 7 aromatic carbocycles. The maximum absolute atomic E-state index is 6.42. The molecule has 1 aliphatic heterocycles. The fourth-order valence-corrected chi connectivity index (χ4v) is 6.73. The van der Waals surface area contributed by atoms with Gasteiger partial charge in [0.15, 0.2) is 0 Å². The second kappa shape index (κ2) is 10.5. The molecular weight excluding hydrogens is 550 g/mol. The van der Waals surface area contributed by atoms with Crippen molar-refractivity contribution < 1.29 is 4.42 Å². The maximum atomic E-state index is 6.42. The van der Waals surface area contributed by atoms with Crippen molar-refractivity contribution in [2.24, 2.45) is 4.99 Å². The van der Waals surface area contributed by atoms with Crippen LogP contribution in [0.4, 0.5) is 0 Å². The molecule has 2 atom stereocenters. The van der Waals surface area contributed by atoms with Gasteiger partial charge in [0.25, 0.3) is 0 Å². The molecule has 0 spiro atoms. The van der Waals surface area contributed by atoms with Gasteiger partial charge in [0, 0.05) is 21.9 Å². The summed E-state index contributed by atoms with van der Waals surface area (Å²) in [6.45, 7) is 0. The van der Waals surface area contributed by atoms with Gasteiger partial charge in [0.2, 0.25) is 0 Å². The first kappa shape index (κ1) is 25.8. The molecule has 2 N–H and O–H groups in total. The third-order valence-electron chi connectivity index (χ3n) is 8.94. The summed E-state index contributed by atoms with van der Waals surface area (Å²) in [7, 11) is 0. The summed E-state index contributed by atoms with van der Waals surface area (Å²) >= 11 is 0. The van der Waals surface area contributed by atoms with Gasteiger partial charge in [-0.25, -0.2) is 4.99 Å². The van der Waals surface area contributed by atoms with E-state index in [2.05, 4.69) is 150 Å². The summed E-state index contributed by atoms with van der Waals surface area (Å²) < 4.78 is 6.42. The lowest BCUT2D eigenvalue weighted by molar-refractivity contribution is 0.410. The SMILES string of the molecule is c1ccc(C2=NC(c3cccc4oc5ccc(-c6ccc7c(ccc8ccccc87)c6)cc5c34)NC(c3ccccc3)N2)cc1. The minimum Gasteiger partial charge on any atom is -0.456 e. The molecule has 4 nitrogen and oxygen atoms in total. The van der Waals surface area contributed by atoms with Crippen LogP contribution in [0.5, 0.6) is 0 Å². The first-order valence-corrected chi connectivity index (χ1v) is 15.4. The van der Waals surface area contributed by atoms with Crippen LogP contribution in [0.2, 0.25) is 0 Å². The molecule has 1 aromatic heterocycles. The monoisotopic (exact) mass is 579 g/mol. The zero-order valence-electron chi connectivity index (χ0n) is 24.4. The van der Waals surface area contributed by atoms with E-state index < -0.39 is 0 Å². The number of amidine groups is 1. The highest BCUT2D eigenvalue weighted by Crippen LogP contribution is 2.39. The molecule has 45 heavy (non-hydrogen) atoms. The van der Waals surface area contributed by atoms with E-state index in [0.717, 1.165) is 50.0 Å². The van der Waals surface area contributed by atoms with E-state index in [1.54, 1.807) is 0 Å². The van der Waals surface area contributed by atoms with Gasteiger partial charge in [0.1, 0.15) is 29.3 Å². The average molecular weight is 580 g/mol. The average Bonchev–Trinajstić information content (AvgIpc) is 3.50. The van der Waals surface area contributed by atoms with Crippen molar-refractivity contribution in [3.63, 3.8) is 0 Å². The van der Waals surface area contributed by atoms with Gasteiger partial charge in [-0.3, -0.25) is 5.32 Å². The molecule has 2 heterocycles. The highest BCUT2D eigenvalue weighted by atomic mass is 16.3. The molecule has 9 rings (SSSR count). The molecule has 0 saturated heterocycles. The second-order valence-electron chi connectivity index (χ2n) is 11.7. The van der Waals surface area contributed by atoms with Crippen LogP contribution in [0.3, 0.4) is 0 Å². The van der Waals surface area contributed by atoms with Gasteiger partial charge in [-0.05, 0) is 62.5 Å². The van der Waals surface area contributed by atoms with Crippen molar-refractivity contribution >= 4 is 49.3 Å². The minimum absolute atomic E-state index is 0.110. The zero-order chi connectivity index (χ0) is 29.7. The molecule has 0 radical (unpaired) electrons. The third-order valence-corrected chi connectivity index (χ3v) is 8.94. The number of hydrogen-bond acceptors (Lipinski definition) is 4. The van der Waals surface area contributed by atoms with Gasteiger partial charge >= 0.3 is 0 Å². The number of fused-ring (bicyclic) bond motifs is 6. The van der Waals surface area contributed by atoms with E-state index in [1.165, 1.54) is 27.1 Å². The van der Waals surface area contributed by atoms with E-state index in [0.29, 0.717) is 0 Å². The van der Waals surface area contributed by atoms with Crippen molar-refractivity contribution in [2.75, 3.05) is 0 Å². The molecule has 0 amide bonds. The molecule has 214 valence electrons. The van der Waals surface area contributed by atoms with Gasteiger partial charge in [-0.1, -0.05) is 127 Å². The molecule has 0 saturated carbocycles. The van der Waals surface area contributed by atoms with Gasteiger partial charge in [-0.2, -0.15) is 0 Å². The zero-order valence-corrected chi connectivity index (χ0v) is 24.4. The van der Waals surface area contributed by atoms with Crippen LogP contribution in [-0.4, -0.2) is 5.84 Å². The normalized spacial score (nSPS) is 16.7. The summed E-state index contributed by atoms with van der Waals surface area (Å²) in [6, 6.07) is 53.4. The van der Waals surface area contributed by atoms with Crippen molar-refractivity contribution in [3.05, 3.63) is 168 Å². The number of benzene rings is 7. The van der Waals surface area contributed by atoms with Crippen molar-refractivity contribution in [1.29, 1.82) is 0 Å². The molecular formula is C41H29N3O. The topological polar surface area (TPSA) is 49.6 Å². The number of nitrogens with zero attached hydrogens (tertiary/aromatic N) is 1. The van der Waals surface area contributed by atoms with Crippen molar-refractivity contribution in [1.82, 2.24) is 10.6 Å². The number of rotatable bonds is 4. The summed E-state index contributed by atoms with van der Waals surface area (Å²) in [5, 5.41) is 14.6. The lowest BCUT2D eigenvalue weighted by Gasteiger charge is -2.32. The van der Waals surface area contributed by atoms with Crippen LogP contribution >= 0.6 is 0 Å². The fraction of sp³-hybridized carbons (Fsp3) is 0.0488. The molecule has 0 aliphatic carbocycles. The predicted molar refractivity (Wildman–Crippen MR) is 185 cm³/mol. The Morgan fingerprint density at radius 3 is 2.13 bits per heavy atom. The lowest BCUT2D eigenvalue weighted by Crippen LogP contribution is -2.44. The highest BCUT2D eigenvalue weighted by molar-refractivity contribution is 6.10. The fourth-order valence-electron chi connectivity index (χ4n) is 6.73. The van der Waals surface area contributed by atoms with Crippen LogP contribution < -0.4 is 10.6 Å². The summed E-state index contributed by atoms with van der Waals surface area (Å²) in [4.78, 5) is 5.23. The Kier molecular flexibility index (Phi) is 6.00. The summed E-state index contributed by atoms with van der Waals surface area (Å²) in [5.41, 5.74) is 7.36. The number of aliphatic imine (C=N–C) groups is 1. The molecule has 1 aliphatic rings. The van der Waals surface area contributed by atoms with Gasteiger partial charge in [0.05, 0.1) is 0 Å². The predicted octanol–water partition coefficient (Wildman–Crippen LogP) is 9.90. The number of nitrogens with one attached hydrogen (secondary N) is 2. The Morgan fingerprint density at radius 1 is 0.511 bits per heavy atom. The quantitative estimate of drug-likeness (QED) is 0.204. The Labute approximate surface area is 260 Å². The van der Waals surface area contributed by atoms with Crippen LogP contribution in [0, 0.1) is 0 Å². The minimum atomic E-state index is -0.284. The molecule has 0 bridgehead atoms. The highest BCUT2D eigenvalue weighted by Gasteiger charge is 2.27. The van der Waals surface area contributed by atoms with E-state index in [9.17, 15) is 0 Å². The van der Waals surface area contributed by atoms with E-state index in [-0.39, 0.29) is 12.3 Å². The Hall–Kier alpha value is -5.71. The molecule has 8 aromatic rings. The first-order valence-electron chi connectivity index (χ1n) is 15.4. The first-order chi connectivity index (χ1) is 22.3. The van der Waals surface area contributed by atoms with Crippen LogP contribution in [0.15, 0.2) is 161 Å². The number of hydrogen-bond donors (Lipinski definition) is 2. The van der Waals surface area contributed by atoms with Crippen LogP contribution in [-0.2, 0) is 0 Å². The largest absolute Gasteiger partial charge is 0.456 e. The maximum Gasteiger partial charge on any atom is 0.135 e. The Morgan fingerprint density at radius 2 is 1.24 bits per heavy atom. The standard InChI is InChI=1S/C41H29N3O/c1-3-11-27(12-4-1)39-42-40(28-13-5-2-6-14-28)44-41(43-39)34-16-9-17-37-38(34)35-25-30(21-23-36(35)45-37)29-20-22-33-31(24-29)19-18-26-10-7-8-15-32(26)33/h1-25,39,41,43H,(H,42,44). The summed E-state index contributed by atoms with van der Waals surface area (Å²) in [5.74, 6) is 0.863. The van der Waals surface area contributed by atoms with E-state index >= 15 is 0 Å². The Bertz CT molecular complexity index is 2390. The van der Waals surface area contributed by atoms with E-state index in [1.807, 2.05) is 12.1 Å². The van der Waals surface area contributed by atoms with E-state index in [4.69, 9.17) is 9.41 Å². The Balaban J connectivity index is 1.18. The van der Waals surface area contributed by atoms with Gasteiger partial charge < -0.3 is 9.73 Å². The van der Waals surface area contributed by atoms with Crippen molar-refractivity contribution in [2.45, 2.75) is 12.3 Å². The van der Waals surface area contributed by atoms with Crippen LogP contribution in [0.25, 0.3) is 54.6 Å². The lowest BCUT2D eigenvalue weighted by atomic mass is 9.96. The molecule has 4 heteroatoms. The van der Waals surface area contributed by atoms with Gasteiger partial charge in [-0.15, -0.1) is 0 Å².